The number of unbranched alkanes of at least 4 members (excludes halogenated alkanes) is 2. The number of nitrogens with zero attached hydrogens (tertiary/aromatic N) is 4. The molecular weight excluding hydrogens is 837 g/mol. The van der Waals surface area contributed by atoms with E-state index in [9.17, 15) is 35.2 Å². The Kier molecular flexibility index (Phi) is 16.4. The van der Waals surface area contributed by atoms with Gasteiger partial charge in [-0.1, -0.05) is 63.9 Å². The van der Waals surface area contributed by atoms with Gasteiger partial charge in [0.05, 0.1) is 40.8 Å². The van der Waals surface area contributed by atoms with Crippen LogP contribution in [0.5, 0.6) is 17.2 Å². The number of aliphatic hydroxyl groups excluding tert-OH is 2. The van der Waals surface area contributed by atoms with Crippen molar-refractivity contribution >= 4 is 23.2 Å². The SMILES string of the molecule is C=CCO[C@@]12Oc3ccc(Oc4cccc([N+](=O)[O-])c4)cc3[C@H]3[C@H](CCCCO)[C@@H](CCCCO)C=C(C(=NOCc4ccc([N+](=O)[O-])cc4)C[C@@H]1N(CCC)C(=O)OCC(C)(C)C)[C@H]32. The zero-order valence-corrected chi connectivity index (χ0v) is 37.8. The van der Waals surface area contributed by atoms with Crippen molar-refractivity contribution in [2.45, 2.75) is 103 Å². The summed E-state index contributed by atoms with van der Waals surface area (Å²) in [4.78, 5) is 44.4. The van der Waals surface area contributed by atoms with Gasteiger partial charge in [0.25, 0.3) is 11.4 Å². The highest BCUT2D eigenvalue weighted by Gasteiger charge is 2.65. The van der Waals surface area contributed by atoms with Crippen molar-refractivity contribution in [1.82, 2.24) is 4.90 Å². The average Bonchev–Trinajstić information content (AvgIpc) is 3.28. The fraction of sp³-hybridized carbons (Fsp3) is 0.510. The van der Waals surface area contributed by atoms with Gasteiger partial charge in [-0.2, -0.15) is 0 Å². The van der Waals surface area contributed by atoms with E-state index in [2.05, 4.69) is 12.7 Å². The highest BCUT2D eigenvalue weighted by atomic mass is 16.7. The summed E-state index contributed by atoms with van der Waals surface area (Å²) in [5, 5.41) is 47.7. The smallest absolute Gasteiger partial charge is 0.410 e. The lowest BCUT2D eigenvalue weighted by molar-refractivity contribution is -0.385. The first-order valence-corrected chi connectivity index (χ1v) is 22.5. The van der Waals surface area contributed by atoms with Gasteiger partial charge in [0, 0.05) is 55.9 Å². The number of hydrogen-bond acceptors (Lipinski definition) is 13. The Morgan fingerprint density at radius 1 is 0.969 bits per heavy atom. The molecule has 2 aliphatic carbocycles. The Bertz CT molecular complexity index is 2200. The van der Waals surface area contributed by atoms with Crippen molar-refractivity contribution in [3.63, 3.8) is 0 Å². The van der Waals surface area contributed by atoms with Crippen LogP contribution in [0.3, 0.4) is 0 Å². The lowest BCUT2D eigenvalue weighted by atomic mass is 9.55. The second kappa shape index (κ2) is 21.9. The van der Waals surface area contributed by atoms with E-state index in [0.29, 0.717) is 61.4 Å². The van der Waals surface area contributed by atoms with E-state index in [-0.39, 0.29) is 79.7 Å². The molecule has 0 spiro atoms. The van der Waals surface area contributed by atoms with E-state index in [0.717, 1.165) is 24.0 Å². The number of hydrogen-bond donors (Lipinski definition) is 2. The summed E-state index contributed by atoms with van der Waals surface area (Å²) in [5.74, 6) is -1.35. The number of rotatable bonds is 22. The van der Waals surface area contributed by atoms with E-state index in [1.54, 1.807) is 41.3 Å². The first kappa shape index (κ1) is 48.6. The molecule has 1 amide bonds. The van der Waals surface area contributed by atoms with Crippen molar-refractivity contribution in [2.24, 2.45) is 28.3 Å². The zero-order valence-electron chi connectivity index (χ0n) is 37.8. The molecule has 1 heterocycles. The predicted octanol–water partition coefficient (Wildman–Crippen LogP) is 10.0. The van der Waals surface area contributed by atoms with Gasteiger partial charge in [-0.3, -0.25) is 25.1 Å². The van der Waals surface area contributed by atoms with E-state index in [1.165, 1.54) is 24.3 Å². The third-order valence-corrected chi connectivity index (χ3v) is 12.2. The molecule has 16 nitrogen and oxygen atoms in total. The van der Waals surface area contributed by atoms with Crippen LogP contribution >= 0.6 is 0 Å². The van der Waals surface area contributed by atoms with Crippen molar-refractivity contribution < 1.29 is 48.6 Å². The van der Waals surface area contributed by atoms with Crippen LogP contribution in [-0.2, 0) is 20.9 Å². The van der Waals surface area contributed by atoms with Gasteiger partial charge in [0.2, 0.25) is 5.79 Å². The summed E-state index contributed by atoms with van der Waals surface area (Å²) in [6, 6.07) is 16.7. The number of amides is 1. The number of aliphatic hydroxyl groups is 2. The molecule has 350 valence electrons. The van der Waals surface area contributed by atoms with Crippen LogP contribution in [0.25, 0.3) is 0 Å². The van der Waals surface area contributed by atoms with Crippen LogP contribution < -0.4 is 9.47 Å². The molecule has 3 aromatic rings. The second-order valence-corrected chi connectivity index (χ2v) is 18.1. The Morgan fingerprint density at radius 2 is 1.68 bits per heavy atom. The van der Waals surface area contributed by atoms with Crippen LogP contribution in [0, 0.1) is 43.4 Å². The molecule has 1 aliphatic heterocycles. The highest BCUT2D eigenvalue weighted by molar-refractivity contribution is 6.03. The van der Waals surface area contributed by atoms with Crippen molar-refractivity contribution in [2.75, 3.05) is 33.0 Å². The van der Waals surface area contributed by atoms with Crippen molar-refractivity contribution in [1.29, 1.82) is 0 Å². The quantitative estimate of drug-likeness (QED) is 0.0418. The fourth-order valence-electron chi connectivity index (χ4n) is 9.38. The first-order chi connectivity index (χ1) is 31.2. The molecule has 65 heavy (non-hydrogen) atoms. The molecule has 3 aromatic carbocycles. The largest absolute Gasteiger partial charge is 0.459 e. The van der Waals surface area contributed by atoms with Crippen LogP contribution in [0.1, 0.15) is 96.1 Å². The summed E-state index contributed by atoms with van der Waals surface area (Å²) in [6.07, 6.45) is 8.19. The van der Waals surface area contributed by atoms with Crippen LogP contribution in [-0.4, -0.2) is 81.6 Å². The topological polar surface area (TPSA) is 206 Å². The van der Waals surface area contributed by atoms with Gasteiger partial charge in [0.15, 0.2) is 0 Å². The van der Waals surface area contributed by atoms with Gasteiger partial charge in [0.1, 0.15) is 29.9 Å². The summed E-state index contributed by atoms with van der Waals surface area (Å²) in [5.41, 5.74) is 2.40. The number of nitro benzene ring substituents is 2. The third-order valence-electron chi connectivity index (χ3n) is 12.2. The molecule has 3 aliphatic rings. The number of nitro groups is 2. The Balaban J connectivity index is 1.57. The predicted molar refractivity (Wildman–Crippen MR) is 244 cm³/mol. The minimum atomic E-state index is -1.52. The number of fused-ring (bicyclic) bond motifs is 2. The molecule has 0 unspecified atom stereocenters. The van der Waals surface area contributed by atoms with Gasteiger partial charge in [-0.25, -0.2) is 4.79 Å². The van der Waals surface area contributed by atoms with Crippen LogP contribution in [0.4, 0.5) is 16.2 Å². The fourth-order valence-corrected chi connectivity index (χ4v) is 9.38. The minimum absolute atomic E-state index is 0.0132. The molecule has 0 bridgehead atoms. The van der Waals surface area contributed by atoms with E-state index in [1.807, 2.05) is 39.8 Å². The standard InChI is InChI=1S/C49H62N4O12/c1-6-23-51(47(56)61-32-48(3,4)5)44-30-42(50-63-31-33-17-19-35(20-18-33)52(57)58)40-27-34(13-8-10-24-54)39(16-9-11-25-55)45-41-29-38(64-37-15-12-14-36(28-37)53(59)60)21-22-43(41)65-49(44,46(40)45)62-26-7-2/h7,12,14-15,17-22,27-29,34,39,44-46,54-55H,2,6,8-11,13,16,23-26,30-32H2,1,3-5H3/t34-,39+,44-,45+,46+,49+/m0/s1. The number of benzene rings is 3. The minimum Gasteiger partial charge on any atom is -0.459 e. The van der Waals surface area contributed by atoms with Crippen LogP contribution in [0.2, 0.25) is 0 Å². The van der Waals surface area contributed by atoms with Gasteiger partial charge in [-0.15, -0.1) is 6.58 Å². The Labute approximate surface area is 380 Å². The first-order valence-electron chi connectivity index (χ1n) is 22.5. The van der Waals surface area contributed by atoms with Gasteiger partial charge < -0.3 is 34.0 Å². The number of carbonyl (C=O) groups excluding carboxylic acids is 1. The maximum Gasteiger partial charge on any atom is 0.410 e. The number of oxime groups is 1. The van der Waals surface area contributed by atoms with Crippen LogP contribution in [0.15, 0.2) is 96.2 Å². The maximum atomic E-state index is 14.5. The molecule has 0 aromatic heterocycles. The molecule has 1 saturated carbocycles. The van der Waals surface area contributed by atoms with Gasteiger partial charge in [-0.05, 0) is 96.9 Å². The monoisotopic (exact) mass is 898 g/mol. The zero-order chi connectivity index (χ0) is 46.7. The number of ether oxygens (including phenoxy) is 4. The van der Waals surface area contributed by atoms with E-state index in [4.69, 9.17) is 28.9 Å². The summed E-state index contributed by atoms with van der Waals surface area (Å²) < 4.78 is 26.7. The second-order valence-electron chi connectivity index (χ2n) is 18.1. The lowest BCUT2D eigenvalue weighted by Crippen LogP contribution is -2.70. The molecule has 6 atom stereocenters. The number of carbonyl (C=O) groups is 1. The van der Waals surface area contributed by atoms with E-state index >= 15 is 0 Å². The Hall–Kier alpha value is -5.84. The molecule has 0 saturated heterocycles. The molecule has 6 rings (SSSR count). The maximum absolute atomic E-state index is 14.5. The number of allylic oxidation sites excluding steroid dienone is 1. The average molecular weight is 899 g/mol. The van der Waals surface area contributed by atoms with Gasteiger partial charge >= 0.3 is 6.09 Å². The molecule has 0 radical (unpaired) electrons. The molecular formula is C49H62N4O12. The summed E-state index contributed by atoms with van der Waals surface area (Å²) in [6.45, 7) is 12.6. The van der Waals surface area contributed by atoms with Crippen molar-refractivity contribution in [3.05, 3.63) is 122 Å². The normalized spacial score (nSPS) is 22.7. The molecule has 1 fully saturated rings. The number of non-ortho nitro benzene ring substituents is 2. The summed E-state index contributed by atoms with van der Waals surface area (Å²) in [7, 11) is 0. The third kappa shape index (κ3) is 11.5. The summed E-state index contributed by atoms with van der Waals surface area (Å²) >= 11 is 0. The van der Waals surface area contributed by atoms with E-state index < -0.39 is 33.7 Å². The lowest BCUT2D eigenvalue weighted by Gasteiger charge is -2.60. The molecule has 16 heteroatoms. The Morgan fingerprint density at radius 3 is 2.34 bits per heavy atom. The highest BCUT2D eigenvalue weighted by Crippen LogP contribution is 2.62. The molecule has 2 N–H and O–H groups in total. The van der Waals surface area contributed by atoms with Crippen molar-refractivity contribution in [3.8, 4) is 17.2 Å².